The minimum absolute atomic E-state index is 0. The molecule has 0 saturated carbocycles. The van der Waals surface area contributed by atoms with E-state index in [1.54, 1.807) is 0 Å². The first-order valence-electron chi connectivity index (χ1n) is 2.19. The summed E-state index contributed by atoms with van der Waals surface area (Å²) in [5, 5.41) is 0. The van der Waals surface area contributed by atoms with E-state index >= 15 is 0 Å². The van der Waals surface area contributed by atoms with Crippen LogP contribution in [-0.2, 0) is 82.2 Å². The van der Waals surface area contributed by atoms with Gasteiger partial charge < -0.3 is 74.2 Å². The van der Waals surface area contributed by atoms with E-state index in [1.165, 1.54) is 0 Å². The molecule has 0 amide bonds. The van der Waals surface area contributed by atoms with Crippen LogP contribution >= 0.6 is 23.5 Å². The molecule has 0 aliphatic rings. The van der Waals surface area contributed by atoms with Crippen LogP contribution in [0.5, 0.6) is 0 Å². The Hall–Kier alpha value is 1.94. The molecule has 15 nitrogen and oxygen atoms in total. The van der Waals surface area contributed by atoms with Crippen molar-refractivity contribution in [2.24, 2.45) is 0 Å². The summed E-state index contributed by atoms with van der Waals surface area (Å²) in [7, 11) is -16.2. The second-order valence-corrected chi connectivity index (χ2v) is 4.02. The monoisotopic (exact) mass is 511 g/mol. The van der Waals surface area contributed by atoms with E-state index in [-0.39, 0.29) is 85.3 Å². The Labute approximate surface area is 166 Å². The van der Waals surface area contributed by atoms with Crippen molar-refractivity contribution >= 4 is 40.3 Å². The summed E-state index contributed by atoms with van der Waals surface area (Å²) in [6.45, 7) is 0. The third-order valence-corrected chi connectivity index (χ3v) is 0. The largest absolute Gasteiger partial charge is 3.00 e. The van der Waals surface area contributed by atoms with E-state index < -0.39 is 23.5 Å². The first kappa shape index (κ1) is 73.6. The molecule has 0 heterocycles. The van der Waals surface area contributed by atoms with Gasteiger partial charge in [-0.2, -0.15) is 23.5 Å². The van der Waals surface area contributed by atoms with E-state index in [0.29, 0.717) is 0 Å². The van der Waals surface area contributed by atoms with E-state index in [1.807, 2.05) is 0 Å². The second-order valence-electron chi connectivity index (χ2n) is 1.34. The Morgan fingerprint density at radius 1 is 0.391 bits per heavy atom. The van der Waals surface area contributed by atoms with Crippen LogP contribution in [0.3, 0.4) is 0 Å². The molecule has 23 heavy (non-hydrogen) atoms. The number of phosphoric acid groups is 3. The van der Waals surface area contributed by atoms with Crippen LogP contribution in [0.4, 0.5) is 0 Å². The van der Waals surface area contributed by atoms with E-state index in [2.05, 4.69) is 0 Å². The van der Waals surface area contributed by atoms with Crippen LogP contribution in [0.2, 0.25) is 0 Å². The molecule has 0 N–H and O–H groups in total. The number of rotatable bonds is 0. The van der Waals surface area contributed by atoms with Crippen molar-refractivity contribution in [2.45, 2.75) is 0 Å². The Balaban J connectivity index is -0.00000000889. The average Bonchev–Trinajstić information content (AvgIpc) is 1.41. The van der Waals surface area contributed by atoms with Gasteiger partial charge in [0.1, 0.15) is 0 Å². The maximum absolute atomic E-state index is 8.55. The molecule has 0 aromatic rings. The maximum Gasteiger partial charge on any atom is 3.00 e. The zero-order valence-corrected chi connectivity index (χ0v) is 16.4. The molecule has 0 rings (SSSR count). The van der Waals surface area contributed by atoms with Crippen molar-refractivity contribution in [3.8, 4) is 0 Å². The predicted octanol–water partition coefficient (Wildman–Crippen LogP) is -9.60. The zero-order chi connectivity index (χ0) is 13.5. The Kier molecular flexibility index (Phi) is 101. The summed E-state index contributed by atoms with van der Waals surface area (Å²) in [6, 6.07) is 0. The maximum atomic E-state index is 8.55. The fourth-order valence-corrected chi connectivity index (χ4v) is 0. The minimum Gasteiger partial charge on any atom is -2.00 e. The molecular weight excluding hydrogens is 511 g/mol. The van der Waals surface area contributed by atoms with Gasteiger partial charge in [0.05, 0.1) is 0 Å². The third-order valence-electron chi connectivity index (χ3n) is 0. The number of hydrogen-bond acceptors (Lipinski definition) is 12. The van der Waals surface area contributed by atoms with Crippen molar-refractivity contribution in [1.82, 2.24) is 0 Å². The van der Waals surface area contributed by atoms with Gasteiger partial charge in [0.25, 0.3) is 0 Å². The molecule has 0 aromatic carbocycles. The summed E-state index contributed by atoms with van der Waals surface area (Å²) >= 11 is 0. The van der Waals surface area contributed by atoms with Crippen LogP contribution in [-0.4, -0.2) is 16.8 Å². The van der Waals surface area contributed by atoms with Gasteiger partial charge in [-0.15, -0.1) is 0 Å². The number of hydrogen-bond donors (Lipinski definition) is 0. The van der Waals surface area contributed by atoms with E-state index in [4.69, 9.17) is 57.7 Å². The first-order valence-corrected chi connectivity index (χ1v) is 6.57. The quantitative estimate of drug-likeness (QED) is 0.216. The summed E-state index contributed by atoms with van der Waals surface area (Å²) in [5.74, 6) is 0. The zero-order valence-electron chi connectivity index (χ0n) is 9.84. The van der Waals surface area contributed by atoms with Gasteiger partial charge in [-0.05, 0) is 0 Å². The normalized spacial score (nSPS) is 7.70. The Bertz CT molecular complexity index is 220. The molecule has 129 valence electrons. The van der Waals surface area contributed by atoms with Crippen LogP contribution in [0, 0.1) is 0 Å². The summed E-state index contributed by atoms with van der Waals surface area (Å²) < 4.78 is 25.6. The van der Waals surface area contributed by atoms with Gasteiger partial charge in [-0.25, -0.2) is 0 Å². The topological polar surface area (TPSA) is 344 Å². The fourth-order valence-electron chi connectivity index (χ4n) is 0. The third kappa shape index (κ3) is 3070. The molecule has 23 heteroatoms. The Morgan fingerprint density at radius 2 is 0.391 bits per heavy atom. The fraction of sp³-hybridized carbons (Fsp3) is 0. The standard InChI is InChI=1S/2B.3Cr.3H3O4P.3O/c;;;;;3*1-5(2,3)4;;;/h;;;;;3*(H3,1,2,3,4);;;/q5*+3;;;;3*-2/p-9. The van der Waals surface area contributed by atoms with Crippen molar-refractivity contribution in [1.29, 1.82) is 0 Å². The molecule has 3 radical (unpaired) electrons. The SMILES string of the molecule is O=P([O-])([O-])[O-].O=P([O-])([O-])[O-].O=P([O-])([O-])[O-].[B+3].[B+3].[Cr+3].[Cr+3].[Cr+3].[O-2].[O-2].[O-2]. The van der Waals surface area contributed by atoms with E-state index in [0.717, 1.165) is 0 Å². The van der Waals surface area contributed by atoms with Gasteiger partial charge in [0, 0.05) is 0 Å². The van der Waals surface area contributed by atoms with Crippen molar-refractivity contribution in [3.05, 3.63) is 0 Å². The molecule has 0 bridgehead atoms. The molecule has 0 aliphatic heterocycles. The van der Waals surface area contributed by atoms with Crippen molar-refractivity contribution in [2.75, 3.05) is 0 Å². The molecule has 0 saturated heterocycles. The molecule has 0 aliphatic carbocycles. The molecule has 0 aromatic heterocycles. The van der Waals surface area contributed by atoms with Crippen molar-refractivity contribution < 1.29 is 126 Å². The average molecular weight is 511 g/mol. The first-order chi connectivity index (χ1) is 6.00. The van der Waals surface area contributed by atoms with Crippen molar-refractivity contribution in [3.63, 3.8) is 0 Å². The summed E-state index contributed by atoms with van der Waals surface area (Å²) in [6.07, 6.45) is 0. The van der Waals surface area contributed by atoms with Crippen LogP contribution in [0.25, 0.3) is 0 Å². The minimum atomic E-state index is -5.39. The predicted molar refractivity (Wildman–Crippen MR) is 36.4 cm³/mol. The molecular formula is B2Cr3O15P3. The van der Waals surface area contributed by atoms with Gasteiger partial charge >= 0.3 is 68.9 Å². The Morgan fingerprint density at radius 3 is 0.391 bits per heavy atom. The van der Waals surface area contributed by atoms with Gasteiger partial charge in [-0.1, -0.05) is 0 Å². The van der Waals surface area contributed by atoms with Crippen LogP contribution < -0.4 is 44.0 Å². The smallest absolute Gasteiger partial charge is 2.00 e. The molecule has 0 atom stereocenters. The van der Waals surface area contributed by atoms with Gasteiger partial charge in [-0.3, -0.25) is 0 Å². The summed E-state index contributed by atoms with van der Waals surface area (Å²) in [4.78, 5) is 76.9. The second kappa shape index (κ2) is 31.7. The van der Waals surface area contributed by atoms with Crippen LogP contribution in [0.1, 0.15) is 0 Å². The summed E-state index contributed by atoms with van der Waals surface area (Å²) in [5.41, 5.74) is 0. The molecule has 0 fully saturated rings. The molecule has 0 unspecified atom stereocenters. The van der Waals surface area contributed by atoms with E-state index in [9.17, 15) is 0 Å². The van der Waals surface area contributed by atoms with Gasteiger partial charge in [0.15, 0.2) is 0 Å². The van der Waals surface area contributed by atoms with Crippen LogP contribution in [0.15, 0.2) is 0 Å². The molecule has 0 spiro atoms. The van der Waals surface area contributed by atoms with Gasteiger partial charge in [0.2, 0.25) is 0 Å².